The number of phenolic OH excluding ortho intramolecular Hbond substituents is 1. The molecule has 0 radical (unpaired) electrons. The van der Waals surface area contributed by atoms with Gasteiger partial charge in [0.1, 0.15) is 5.75 Å². The number of ether oxygens (including phenoxy) is 1. The largest absolute Gasteiger partial charge is 0.507 e. The number of para-hydroxylation sites is 1. The summed E-state index contributed by atoms with van der Waals surface area (Å²) in [6.07, 6.45) is 2.50. The van der Waals surface area contributed by atoms with Gasteiger partial charge in [0.25, 0.3) is 11.8 Å². The van der Waals surface area contributed by atoms with Crippen LogP contribution in [0.15, 0.2) is 109 Å². The molecule has 274 valence electrons. The molecule has 3 saturated heterocycles. The van der Waals surface area contributed by atoms with Crippen LogP contribution >= 0.6 is 0 Å². The van der Waals surface area contributed by atoms with E-state index >= 15 is 4.79 Å². The highest BCUT2D eigenvalue weighted by molar-refractivity contribution is 6.22. The maximum Gasteiger partial charge on any atom is 0.260 e. The molecular weight excluding hydrogens is 681 g/mol. The van der Waals surface area contributed by atoms with Crippen LogP contribution in [0.3, 0.4) is 0 Å². The Bertz CT molecular complexity index is 2200. The molecule has 4 aromatic carbocycles. The highest BCUT2D eigenvalue weighted by Gasteiger charge is 2.70. The monoisotopic (exact) mass is 722 g/mol. The Labute approximate surface area is 314 Å². The second kappa shape index (κ2) is 13.0. The van der Waals surface area contributed by atoms with Gasteiger partial charge in [-0.25, -0.2) is 0 Å². The van der Waals surface area contributed by atoms with Crippen LogP contribution in [0, 0.1) is 37.5 Å². The topological polar surface area (TPSA) is 119 Å². The third kappa shape index (κ3) is 5.03. The van der Waals surface area contributed by atoms with Crippen molar-refractivity contribution in [2.45, 2.75) is 38.0 Å². The summed E-state index contributed by atoms with van der Waals surface area (Å²) in [5.41, 5.74) is 7.43. The number of benzene rings is 4. The molecule has 2 aliphatic carbocycles. The van der Waals surface area contributed by atoms with Crippen molar-refractivity contribution in [3.05, 3.63) is 131 Å². The quantitative estimate of drug-likeness (QED) is 0.183. The van der Waals surface area contributed by atoms with Gasteiger partial charge < -0.3 is 14.7 Å². The number of hydrogen-bond acceptors (Lipinski definition) is 8. The number of hydrazine groups is 1. The number of nitrogens with zero attached hydrogens (tertiary/aromatic N) is 3. The minimum atomic E-state index is -1.45. The molecule has 4 amide bonds. The van der Waals surface area contributed by atoms with E-state index in [2.05, 4.69) is 10.3 Å². The Morgan fingerprint density at radius 2 is 1.46 bits per heavy atom. The van der Waals surface area contributed by atoms with Crippen LogP contribution in [0.5, 0.6) is 5.75 Å². The number of aryl methyl sites for hydroxylation is 2. The van der Waals surface area contributed by atoms with Gasteiger partial charge in [0, 0.05) is 30.3 Å². The van der Waals surface area contributed by atoms with Gasteiger partial charge in [-0.15, -0.1) is 0 Å². The number of hydrogen-bond donors (Lipinski definition) is 2. The lowest BCUT2D eigenvalue weighted by Crippen LogP contribution is -2.53. The molecule has 5 aliphatic rings. The molecule has 0 aromatic heterocycles. The summed E-state index contributed by atoms with van der Waals surface area (Å²) in [6.45, 7) is 6.60. The highest BCUT2D eigenvalue weighted by atomic mass is 16.5. The predicted molar refractivity (Wildman–Crippen MR) is 204 cm³/mol. The molecule has 3 heterocycles. The minimum absolute atomic E-state index is 0.0428. The number of amides is 4. The van der Waals surface area contributed by atoms with Crippen molar-refractivity contribution < 1.29 is 29.0 Å². The first kappa shape index (κ1) is 34.1. The van der Waals surface area contributed by atoms with E-state index in [4.69, 9.17) is 4.74 Å². The summed E-state index contributed by atoms with van der Waals surface area (Å²) in [6, 6.07) is 29.9. The summed E-state index contributed by atoms with van der Waals surface area (Å²) in [4.78, 5) is 62.7. The molecular formula is C44H42N4O6. The third-order valence-corrected chi connectivity index (χ3v) is 12.5. The van der Waals surface area contributed by atoms with E-state index in [1.54, 1.807) is 0 Å². The number of aromatic hydroxyl groups is 1. The number of allylic oxidation sites excluding steroid dienone is 2. The normalized spacial score (nSPS) is 27.8. The van der Waals surface area contributed by atoms with E-state index in [9.17, 15) is 19.5 Å². The molecule has 10 nitrogen and oxygen atoms in total. The SMILES string of the molecule is Cc1ccc(NN2C(=O)C3CC4C(=CCC5C(=O)N(c6ccc(N7CCOCC7)cc6)C(=O)C54)C(c4cccc(C)c4O)C3(c3ccccc3)C2=O)cc1. The fourth-order valence-electron chi connectivity index (χ4n) is 9.89. The summed E-state index contributed by atoms with van der Waals surface area (Å²) >= 11 is 0. The zero-order valence-corrected chi connectivity index (χ0v) is 30.3. The average Bonchev–Trinajstić information content (AvgIpc) is 3.58. The van der Waals surface area contributed by atoms with E-state index < -0.39 is 46.8 Å². The van der Waals surface area contributed by atoms with E-state index in [0.29, 0.717) is 47.7 Å². The second-order valence-electron chi connectivity index (χ2n) is 15.2. The first-order chi connectivity index (χ1) is 26.2. The molecule has 54 heavy (non-hydrogen) atoms. The Balaban J connectivity index is 1.16. The second-order valence-corrected chi connectivity index (χ2v) is 15.2. The number of carbonyl (C=O) groups is 4. The van der Waals surface area contributed by atoms with Crippen molar-refractivity contribution in [1.82, 2.24) is 5.01 Å². The lowest BCUT2D eigenvalue weighted by Gasteiger charge is -2.50. The predicted octanol–water partition coefficient (Wildman–Crippen LogP) is 6.04. The molecule has 6 atom stereocenters. The number of imide groups is 2. The van der Waals surface area contributed by atoms with Gasteiger partial charge in [-0.05, 0) is 80.1 Å². The zero-order chi connectivity index (χ0) is 37.3. The average molecular weight is 723 g/mol. The number of anilines is 3. The molecule has 0 spiro atoms. The molecule has 6 unspecified atom stereocenters. The Morgan fingerprint density at radius 1 is 0.759 bits per heavy atom. The van der Waals surface area contributed by atoms with E-state index in [0.717, 1.165) is 34.9 Å². The number of nitrogens with one attached hydrogen (secondary N) is 1. The van der Waals surface area contributed by atoms with E-state index in [1.165, 1.54) is 4.90 Å². The first-order valence-electron chi connectivity index (χ1n) is 18.8. The number of carbonyl (C=O) groups excluding carboxylic acids is 4. The van der Waals surface area contributed by atoms with Crippen LogP contribution in [-0.4, -0.2) is 60.0 Å². The van der Waals surface area contributed by atoms with Crippen LogP contribution in [0.2, 0.25) is 0 Å². The molecule has 2 N–H and O–H groups in total. The maximum atomic E-state index is 15.3. The van der Waals surface area contributed by atoms with Crippen molar-refractivity contribution >= 4 is 40.7 Å². The Kier molecular flexibility index (Phi) is 8.19. The standard InChI is InChI=1S/C44H42N4O6/c1-26-11-13-29(14-12-26)45-48-41(51)36-25-35-32(38(34-10-6-7-27(2)39(34)49)44(36,43(48)53)28-8-4-3-5-9-28)19-20-33-37(35)42(52)47(40(33)50)31-17-15-30(16-18-31)46-21-23-54-24-22-46/h3-19,33,35-38,45,49H,20-25H2,1-2H3. The Morgan fingerprint density at radius 3 is 2.19 bits per heavy atom. The van der Waals surface area contributed by atoms with Gasteiger partial charge in [0.15, 0.2) is 0 Å². The highest BCUT2D eigenvalue weighted by Crippen LogP contribution is 2.65. The van der Waals surface area contributed by atoms with Gasteiger partial charge in [0.2, 0.25) is 11.8 Å². The number of rotatable bonds is 6. The van der Waals surface area contributed by atoms with Crippen molar-refractivity contribution in [3.63, 3.8) is 0 Å². The van der Waals surface area contributed by atoms with Crippen molar-refractivity contribution in [3.8, 4) is 5.75 Å². The maximum absolute atomic E-state index is 15.3. The van der Waals surface area contributed by atoms with Crippen molar-refractivity contribution in [2.24, 2.45) is 23.7 Å². The fourth-order valence-corrected chi connectivity index (χ4v) is 9.89. The molecule has 4 aromatic rings. The summed E-state index contributed by atoms with van der Waals surface area (Å²) in [7, 11) is 0. The minimum Gasteiger partial charge on any atom is -0.507 e. The molecule has 1 saturated carbocycles. The fraction of sp³-hybridized carbons (Fsp3) is 0.318. The molecule has 0 bridgehead atoms. The smallest absolute Gasteiger partial charge is 0.260 e. The van der Waals surface area contributed by atoms with Crippen LogP contribution in [0.1, 0.15) is 41.0 Å². The van der Waals surface area contributed by atoms with Gasteiger partial charge >= 0.3 is 0 Å². The molecule has 3 aliphatic heterocycles. The van der Waals surface area contributed by atoms with Crippen LogP contribution < -0.4 is 15.2 Å². The van der Waals surface area contributed by atoms with Crippen molar-refractivity contribution in [1.29, 1.82) is 0 Å². The lowest BCUT2D eigenvalue weighted by atomic mass is 9.49. The number of fused-ring (bicyclic) bond motifs is 4. The lowest BCUT2D eigenvalue weighted by molar-refractivity contribution is -0.138. The third-order valence-electron chi connectivity index (χ3n) is 12.5. The molecule has 4 fully saturated rings. The van der Waals surface area contributed by atoms with E-state index in [-0.39, 0.29) is 24.0 Å². The molecule has 9 rings (SSSR count). The van der Waals surface area contributed by atoms with Crippen LogP contribution in [0.4, 0.5) is 17.1 Å². The van der Waals surface area contributed by atoms with Crippen LogP contribution in [-0.2, 0) is 29.3 Å². The summed E-state index contributed by atoms with van der Waals surface area (Å²) in [5.74, 6) is -4.92. The van der Waals surface area contributed by atoms with Crippen LogP contribution in [0.25, 0.3) is 0 Å². The van der Waals surface area contributed by atoms with Gasteiger partial charge in [-0.2, -0.15) is 5.01 Å². The first-order valence-corrected chi connectivity index (χ1v) is 18.8. The van der Waals surface area contributed by atoms with E-state index in [1.807, 2.05) is 117 Å². The van der Waals surface area contributed by atoms with Gasteiger partial charge in [-0.3, -0.25) is 29.5 Å². The van der Waals surface area contributed by atoms with Gasteiger partial charge in [0.05, 0.1) is 47.8 Å². The summed E-state index contributed by atoms with van der Waals surface area (Å²) in [5, 5.41) is 12.9. The summed E-state index contributed by atoms with van der Waals surface area (Å²) < 4.78 is 5.50. The van der Waals surface area contributed by atoms with Crippen molar-refractivity contribution in [2.75, 3.05) is 41.5 Å². The van der Waals surface area contributed by atoms with Gasteiger partial charge in [-0.1, -0.05) is 77.9 Å². The number of phenols is 1. The molecule has 10 heteroatoms. The number of morpholine rings is 1. The zero-order valence-electron chi connectivity index (χ0n) is 30.3. The Hall–Kier alpha value is -5.74.